The van der Waals surface area contributed by atoms with Crippen molar-refractivity contribution in [3.05, 3.63) is 71.7 Å². The number of nitrogens with zero attached hydrogens (tertiary/aromatic N) is 4. The SMILES string of the molecule is Cc1ccc(CN2CCCN(C(=O)CCSCc3cn4ccccc4n3)CC2)cc1. The smallest absolute Gasteiger partial charge is 0.223 e. The maximum atomic E-state index is 12.7. The van der Waals surface area contributed by atoms with Crippen LogP contribution in [0.2, 0.25) is 0 Å². The van der Waals surface area contributed by atoms with Gasteiger partial charge in [-0.05, 0) is 31.0 Å². The summed E-state index contributed by atoms with van der Waals surface area (Å²) in [5, 5.41) is 0. The third-order valence-electron chi connectivity index (χ3n) is 5.59. The highest BCUT2D eigenvalue weighted by Gasteiger charge is 2.19. The van der Waals surface area contributed by atoms with Gasteiger partial charge in [-0.25, -0.2) is 4.98 Å². The minimum atomic E-state index is 0.287. The quantitative estimate of drug-likeness (QED) is 0.540. The zero-order valence-corrected chi connectivity index (χ0v) is 18.5. The van der Waals surface area contributed by atoms with Crippen LogP contribution in [0.25, 0.3) is 5.65 Å². The molecule has 0 saturated carbocycles. The molecule has 1 aliphatic rings. The number of carbonyl (C=O) groups excluding carboxylic acids is 1. The number of rotatable bonds is 7. The van der Waals surface area contributed by atoms with Crippen LogP contribution >= 0.6 is 11.8 Å². The Morgan fingerprint density at radius 3 is 2.77 bits per heavy atom. The molecule has 0 unspecified atom stereocenters. The van der Waals surface area contributed by atoms with Crippen molar-refractivity contribution < 1.29 is 4.79 Å². The fourth-order valence-corrected chi connectivity index (χ4v) is 4.69. The first-order chi connectivity index (χ1) is 14.7. The lowest BCUT2D eigenvalue weighted by Gasteiger charge is -2.22. The van der Waals surface area contributed by atoms with Gasteiger partial charge >= 0.3 is 0 Å². The summed E-state index contributed by atoms with van der Waals surface area (Å²) < 4.78 is 2.04. The van der Waals surface area contributed by atoms with Gasteiger partial charge in [0.1, 0.15) is 5.65 Å². The van der Waals surface area contributed by atoms with Crippen molar-refractivity contribution in [2.75, 3.05) is 31.9 Å². The molecule has 0 atom stereocenters. The average Bonchev–Trinajstić information content (AvgIpc) is 3.03. The standard InChI is InChI=1S/C24H30N4OS/c1-20-6-8-21(9-7-20)17-26-11-4-13-27(15-14-26)24(29)10-16-30-19-22-18-28-12-3-2-5-23(28)25-22/h2-3,5-9,12,18H,4,10-11,13-17,19H2,1H3. The van der Waals surface area contributed by atoms with Crippen molar-refractivity contribution in [1.82, 2.24) is 19.2 Å². The minimum Gasteiger partial charge on any atom is -0.341 e. The Kier molecular flexibility index (Phi) is 7.07. The number of hydrogen-bond acceptors (Lipinski definition) is 4. The molecule has 1 aromatic carbocycles. The number of thioether (sulfide) groups is 1. The zero-order valence-electron chi connectivity index (χ0n) is 17.7. The second kappa shape index (κ2) is 10.1. The Morgan fingerprint density at radius 1 is 1.07 bits per heavy atom. The van der Waals surface area contributed by atoms with Crippen LogP contribution in [0, 0.1) is 6.92 Å². The number of pyridine rings is 1. The predicted octanol–water partition coefficient (Wildman–Crippen LogP) is 4.00. The van der Waals surface area contributed by atoms with Crippen molar-refractivity contribution in [3.8, 4) is 0 Å². The Bertz CT molecular complexity index is 936. The first-order valence-corrected chi connectivity index (χ1v) is 11.9. The van der Waals surface area contributed by atoms with E-state index in [2.05, 4.69) is 52.2 Å². The Hall–Kier alpha value is -2.31. The topological polar surface area (TPSA) is 40.9 Å². The van der Waals surface area contributed by atoms with E-state index in [1.807, 2.05) is 28.8 Å². The molecule has 1 saturated heterocycles. The summed E-state index contributed by atoms with van der Waals surface area (Å²) in [5.41, 5.74) is 4.69. The van der Waals surface area contributed by atoms with E-state index in [-0.39, 0.29) is 5.91 Å². The fraction of sp³-hybridized carbons (Fsp3) is 0.417. The molecule has 1 aliphatic heterocycles. The van der Waals surface area contributed by atoms with Gasteiger partial charge in [0.15, 0.2) is 0 Å². The van der Waals surface area contributed by atoms with Gasteiger partial charge in [0.05, 0.1) is 5.69 Å². The van der Waals surface area contributed by atoms with E-state index in [0.29, 0.717) is 6.42 Å². The molecular weight excluding hydrogens is 392 g/mol. The number of carbonyl (C=O) groups is 1. The van der Waals surface area contributed by atoms with Crippen LogP contribution in [-0.2, 0) is 17.1 Å². The van der Waals surface area contributed by atoms with Crippen LogP contribution in [0.4, 0.5) is 0 Å². The minimum absolute atomic E-state index is 0.287. The third-order valence-corrected chi connectivity index (χ3v) is 6.58. The normalized spacial score (nSPS) is 15.4. The summed E-state index contributed by atoms with van der Waals surface area (Å²) in [7, 11) is 0. The van der Waals surface area contributed by atoms with Gasteiger partial charge in [0.25, 0.3) is 0 Å². The van der Waals surface area contributed by atoms with E-state index in [9.17, 15) is 4.79 Å². The average molecular weight is 423 g/mol. The number of amides is 1. The molecule has 1 amide bonds. The van der Waals surface area contributed by atoms with E-state index >= 15 is 0 Å². The molecule has 5 nitrogen and oxygen atoms in total. The van der Waals surface area contributed by atoms with Crippen LogP contribution in [0.3, 0.4) is 0 Å². The Balaban J connectivity index is 1.18. The number of benzene rings is 1. The molecule has 3 heterocycles. The van der Waals surface area contributed by atoms with Gasteiger partial charge in [0, 0.05) is 63.0 Å². The molecule has 0 aliphatic carbocycles. The molecule has 3 aromatic rings. The molecule has 158 valence electrons. The van der Waals surface area contributed by atoms with Crippen LogP contribution in [0.5, 0.6) is 0 Å². The van der Waals surface area contributed by atoms with Gasteiger partial charge in [0.2, 0.25) is 5.91 Å². The third kappa shape index (κ3) is 5.64. The molecule has 0 spiro atoms. The lowest BCUT2D eigenvalue weighted by atomic mass is 10.1. The summed E-state index contributed by atoms with van der Waals surface area (Å²) in [6.07, 6.45) is 5.74. The highest BCUT2D eigenvalue weighted by molar-refractivity contribution is 7.98. The van der Waals surface area contributed by atoms with Crippen molar-refractivity contribution >= 4 is 23.3 Å². The maximum Gasteiger partial charge on any atom is 0.223 e. The second-order valence-electron chi connectivity index (χ2n) is 8.00. The number of aryl methyl sites for hydroxylation is 1. The Labute approximate surface area is 183 Å². The van der Waals surface area contributed by atoms with Crippen LogP contribution in [-0.4, -0.2) is 57.0 Å². The summed E-state index contributed by atoms with van der Waals surface area (Å²) in [6.45, 7) is 6.81. The monoisotopic (exact) mass is 422 g/mol. The number of fused-ring (bicyclic) bond motifs is 1. The van der Waals surface area contributed by atoms with Crippen molar-refractivity contribution in [1.29, 1.82) is 0 Å². The van der Waals surface area contributed by atoms with Gasteiger partial charge in [-0.3, -0.25) is 9.69 Å². The van der Waals surface area contributed by atoms with E-state index < -0.39 is 0 Å². The lowest BCUT2D eigenvalue weighted by Crippen LogP contribution is -2.35. The maximum absolute atomic E-state index is 12.7. The molecular formula is C24H30N4OS. The van der Waals surface area contributed by atoms with Gasteiger partial charge in [-0.2, -0.15) is 11.8 Å². The molecule has 2 aromatic heterocycles. The fourth-order valence-electron chi connectivity index (χ4n) is 3.88. The van der Waals surface area contributed by atoms with E-state index in [1.54, 1.807) is 11.8 Å². The van der Waals surface area contributed by atoms with Crippen LogP contribution in [0.15, 0.2) is 54.9 Å². The highest BCUT2D eigenvalue weighted by atomic mass is 32.2. The van der Waals surface area contributed by atoms with Gasteiger partial charge in [-0.1, -0.05) is 35.9 Å². The Morgan fingerprint density at radius 2 is 1.93 bits per heavy atom. The summed E-state index contributed by atoms with van der Waals surface area (Å²) in [6, 6.07) is 14.8. The molecule has 6 heteroatoms. The number of hydrogen-bond donors (Lipinski definition) is 0. The first kappa shape index (κ1) is 20.9. The molecule has 0 bridgehead atoms. The largest absolute Gasteiger partial charge is 0.341 e. The predicted molar refractivity (Wildman–Crippen MR) is 124 cm³/mol. The number of aromatic nitrogens is 2. The van der Waals surface area contributed by atoms with Crippen molar-refractivity contribution in [2.45, 2.75) is 32.1 Å². The van der Waals surface area contributed by atoms with E-state index in [4.69, 9.17) is 0 Å². The van der Waals surface area contributed by atoms with Crippen molar-refractivity contribution in [2.24, 2.45) is 0 Å². The highest BCUT2D eigenvalue weighted by Crippen LogP contribution is 2.15. The molecule has 0 N–H and O–H groups in total. The van der Waals surface area contributed by atoms with Gasteiger partial charge in [-0.15, -0.1) is 0 Å². The molecule has 4 rings (SSSR count). The second-order valence-corrected chi connectivity index (χ2v) is 9.10. The summed E-state index contributed by atoms with van der Waals surface area (Å²) >= 11 is 1.79. The van der Waals surface area contributed by atoms with Crippen LogP contribution < -0.4 is 0 Å². The van der Waals surface area contributed by atoms with E-state index in [0.717, 1.165) is 62.0 Å². The lowest BCUT2D eigenvalue weighted by molar-refractivity contribution is -0.130. The van der Waals surface area contributed by atoms with E-state index in [1.165, 1.54) is 11.1 Å². The number of imidazole rings is 1. The molecule has 1 fully saturated rings. The van der Waals surface area contributed by atoms with Crippen molar-refractivity contribution in [3.63, 3.8) is 0 Å². The summed E-state index contributed by atoms with van der Waals surface area (Å²) in [5.74, 6) is 1.98. The molecule has 0 radical (unpaired) electrons. The van der Waals surface area contributed by atoms with Gasteiger partial charge < -0.3 is 9.30 Å². The zero-order chi connectivity index (χ0) is 20.8. The van der Waals surface area contributed by atoms with Crippen LogP contribution in [0.1, 0.15) is 29.7 Å². The molecule has 30 heavy (non-hydrogen) atoms. The summed E-state index contributed by atoms with van der Waals surface area (Å²) in [4.78, 5) is 21.8. The first-order valence-electron chi connectivity index (χ1n) is 10.7.